The quantitative estimate of drug-likeness (QED) is 0.791. The number of carbonyl (C=O) groups excluding carboxylic acids is 1. The van der Waals surface area contributed by atoms with Crippen LogP contribution in [-0.2, 0) is 10.2 Å². The van der Waals surface area contributed by atoms with Gasteiger partial charge in [-0.25, -0.2) is 0 Å². The minimum atomic E-state index is -1.07. The van der Waals surface area contributed by atoms with Crippen molar-refractivity contribution in [1.82, 2.24) is 0 Å². The third-order valence-electron chi connectivity index (χ3n) is 2.29. The monoisotopic (exact) mass is 337 g/mol. The Kier molecular flexibility index (Phi) is 4.87. The van der Waals surface area contributed by atoms with Gasteiger partial charge in [0.15, 0.2) is 4.84 Å². The fourth-order valence-corrected chi connectivity index (χ4v) is 1.86. The molecule has 1 aromatic rings. The summed E-state index contributed by atoms with van der Waals surface area (Å²) >= 11 is 14.4. The molecule has 1 aromatic carbocycles. The highest BCUT2D eigenvalue weighted by Gasteiger charge is 2.17. The Morgan fingerprint density at radius 3 is 2.35 bits per heavy atom. The van der Waals surface area contributed by atoms with Crippen LogP contribution in [0.5, 0.6) is 0 Å². The number of amides is 1. The van der Waals surface area contributed by atoms with E-state index < -0.39 is 10.7 Å². The molecule has 0 fully saturated rings. The smallest absolute Gasteiger partial charge is 0.257 e. The van der Waals surface area contributed by atoms with Gasteiger partial charge in [0.1, 0.15) is 0 Å². The Morgan fingerprint density at radius 2 is 1.94 bits per heavy atom. The van der Waals surface area contributed by atoms with Crippen LogP contribution in [-0.4, -0.2) is 10.7 Å². The second kappa shape index (κ2) is 5.59. The van der Waals surface area contributed by atoms with Crippen LogP contribution in [0.25, 0.3) is 0 Å². The fourth-order valence-electron chi connectivity index (χ4n) is 1.27. The highest BCUT2D eigenvalue weighted by Crippen LogP contribution is 2.30. The van der Waals surface area contributed by atoms with E-state index in [9.17, 15) is 4.79 Å². The zero-order valence-electron chi connectivity index (χ0n) is 9.85. The van der Waals surface area contributed by atoms with E-state index in [0.29, 0.717) is 5.69 Å². The summed E-state index contributed by atoms with van der Waals surface area (Å²) in [6, 6.07) is 5.78. The van der Waals surface area contributed by atoms with Crippen LogP contribution in [0.1, 0.15) is 26.3 Å². The fraction of sp³-hybridized carbons (Fsp3) is 0.417. The predicted molar refractivity (Wildman–Crippen MR) is 77.0 cm³/mol. The molecule has 0 saturated heterocycles. The van der Waals surface area contributed by atoms with Crippen molar-refractivity contribution in [2.45, 2.75) is 31.0 Å². The maximum atomic E-state index is 11.4. The first-order chi connectivity index (χ1) is 7.71. The molecule has 0 aliphatic heterocycles. The summed E-state index contributed by atoms with van der Waals surface area (Å²) in [4.78, 5) is 10.3. The Morgan fingerprint density at radius 1 is 1.35 bits per heavy atom. The van der Waals surface area contributed by atoms with E-state index in [1.54, 1.807) is 0 Å². The number of nitrogens with one attached hydrogen (secondary N) is 1. The predicted octanol–water partition coefficient (Wildman–Crippen LogP) is 4.49. The lowest BCUT2D eigenvalue weighted by Gasteiger charge is -2.20. The van der Waals surface area contributed by atoms with E-state index in [2.05, 4.69) is 42.0 Å². The van der Waals surface area contributed by atoms with Crippen molar-refractivity contribution in [3.63, 3.8) is 0 Å². The summed E-state index contributed by atoms with van der Waals surface area (Å²) in [6.07, 6.45) is 0. The van der Waals surface area contributed by atoms with Crippen molar-refractivity contribution >= 4 is 50.7 Å². The zero-order chi connectivity index (χ0) is 13.2. The molecule has 0 heterocycles. The third kappa shape index (κ3) is 4.16. The molecule has 1 rings (SSSR count). The summed E-state index contributed by atoms with van der Waals surface area (Å²) in [6.45, 7) is 6.38. The highest BCUT2D eigenvalue weighted by atomic mass is 79.9. The van der Waals surface area contributed by atoms with E-state index in [4.69, 9.17) is 23.2 Å². The molecule has 0 bridgehead atoms. The van der Waals surface area contributed by atoms with Crippen molar-refractivity contribution in [3.05, 3.63) is 28.2 Å². The van der Waals surface area contributed by atoms with Crippen LogP contribution in [0.2, 0.25) is 0 Å². The number of benzene rings is 1. The average Bonchev–Trinajstić information content (AvgIpc) is 2.19. The zero-order valence-corrected chi connectivity index (χ0v) is 12.9. The van der Waals surface area contributed by atoms with Gasteiger partial charge in [-0.1, -0.05) is 50.0 Å². The number of rotatable bonds is 2. The normalized spacial score (nSPS) is 11.7. The lowest BCUT2D eigenvalue weighted by molar-refractivity contribution is -0.114. The van der Waals surface area contributed by atoms with Gasteiger partial charge in [0.2, 0.25) is 0 Å². The minimum absolute atomic E-state index is 0.0621. The van der Waals surface area contributed by atoms with Gasteiger partial charge in [-0.05, 0) is 39.0 Å². The van der Waals surface area contributed by atoms with E-state index in [-0.39, 0.29) is 5.41 Å². The van der Waals surface area contributed by atoms with Crippen molar-refractivity contribution in [2.75, 3.05) is 5.32 Å². The molecule has 1 amide bonds. The van der Waals surface area contributed by atoms with Crippen LogP contribution in [0.15, 0.2) is 22.7 Å². The molecule has 0 spiro atoms. The van der Waals surface area contributed by atoms with Gasteiger partial charge in [-0.15, -0.1) is 0 Å². The first kappa shape index (κ1) is 14.8. The van der Waals surface area contributed by atoms with Gasteiger partial charge in [-0.3, -0.25) is 4.79 Å². The number of alkyl halides is 2. The summed E-state index contributed by atoms with van der Waals surface area (Å²) in [5.41, 5.74) is 1.90. The Labute approximate surface area is 120 Å². The van der Waals surface area contributed by atoms with Crippen molar-refractivity contribution in [2.24, 2.45) is 0 Å². The van der Waals surface area contributed by atoms with E-state index in [1.807, 2.05) is 18.2 Å². The molecule has 0 radical (unpaired) electrons. The lowest BCUT2D eigenvalue weighted by atomic mass is 9.87. The molecule has 0 aliphatic carbocycles. The largest absolute Gasteiger partial charge is 0.323 e. The SMILES string of the molecule is CC(C)(C)c1ccc(NC(=O)C(Cl)Cl)c(Br)c1. The third-order valence-corrected chi connectivity index (χ3v) is 3.34. The van der Waals surface area contributed by atoms with Crippen LogP contribution in [0, 0.1) is 0 Å². The molecule has 1 N–H and O–H groups in total. The molecule has 17 heavy (non-hydrogen) atoms. The number of halogens is 3. The van der Waals surface area contributed by atoms with Crippen LogP contribution in [0.4, 0.5) is 5.69 Å². The second-order valence-corrected chi connectivity index (χ2v) is 6.69. The van der Waals surface area contributed by atoms with Crippen LogP contribution >= 0.6 is 39.1 Å². The van der Waals surface area contributed by atoms with Gasteiger partial charge in [0, 0.05) is 4.47 Å². The van der Waals surface area contributed by atoms with Crippen molar-refractivity contribution in [3.8, 4) is 0 Å². The summed E-state index contributed by atoms with van der Waals surface area (Å²) < 4.78 is 0.812. The van der Waals surface area contributed by atoms with E-state index >= 15 is 0 Å². The first-order valence-electron chi connectivity index (χ1n) is 5.11. The molecule has 0 atom stereocenters. The van der Waals surface area contributed by atoms with E-state index in [1.165, 1.54) is 5.56 Å². The van der Waals surface area contributed by atoms with Gasteiger partial charge >= 0.3 is 0 Å². The second-order valence-electron chi connectivity index (χ2n) is 4.73. The molecule has 0 saturated carbocycles. The van der Waals surface area contributed by atoms with Gasteiger partial charge in [0.05, 0.1) is 5.69 Å². The van der Waals surface area contributed by atoms with Crippen molar-refractivity contribution < 1.29 is 4.79 Å². The number of carbonyl (C=O) groups is 1. The topological polar surface area (TPSA) is 29.1 Å². The highest BCUT2D eigenvalue weighted by molar-refractivity contribution is 9.10. The lowest BCUT2D eigenvalue weighted by Crippen LogP contribution is -2.19. The van der Waals surface area contributed by atoms with Crippen LogP contribution < -0.4 is 5.32 Å². The molecular weight excluding hydrogens is 325 g/mol. The maximum Gasteiger partial charge on any atom is 0.257 e. The van der Waals surface area contributed by atoms with Gasteiger partial charge < -0.3 is 5.32 Å². The summed E-state index contributed by atoms with van der Waals surface area (Å²) in [5.74, 6) is -0.433. The minimum Gasteiger partial charge on any atom is -0.323 e. The molecular formula is C12H14BrCl2NO. The number of hydrogen-bond donors (Lipinski definition) is 1. The maximum absolute atomic E-state index is 11.4. The molecule has 0 aromatic heterocycles. The summed E-state index contributed by atoms with van der Waals surface area (Å²) in [5, 5.41) is 2.64. The van der Waals surface area contributed by atoms with Gasteiger partial charge in [0.25, 0.3) is 5.91 Å². The van der Waals surface area contributed by atoms with Gasteiger partial charge in [-0.2, -0.15) is 0 Å². The van der Waals surface area contributed by atoms with E-state index in [0.717, 1.165) is 4.47 Å². The Balaban J connectivity index is 2.95. The average molecular weight is 339 g/mol. The molecule has 5 heteroatoms. The number of hydrogen-bond acceptors (Lipinski definition) is 1. The Bertz CT molecular complexity index is 427. The standard InChI is InChI=1S/C12H14BrCl2NO/c1-12(2,3)7-4-5-9(8(13)6-7)16-11(17)10(14)15/h4-6,10H,1-3H3,(H,16,17). The Hall–Kier alpha value is -0.250. The van der Waals surface area contributed by atoms with Crippen molar-refractivity contribution in [1.29, 1.82) is 0 Å². The first-order valence-corrected chi connectivity index (χ1v) is 6.77. The molecule has 2 nitrogen and oxygen atoms in total. The summed E-state index contributed by atoms with van der Waals surface area (Å²) in [7, 11) is 0. The van der Waals surface area contributed by atoms with Crippen LogP contribution in [0.3, 0.4) is 0 Å². The molecule has 0 unspecified atom stereocenters. The molecule has 94 valence electrons. The molecule has 0 aliphatic rings. The number of anilines is 1.